The molecular formula is C20H21BrN4O. The van der Waals surface area contributed by atoms with Crippen molar-refractivity contribution < 1.29 is 4.79 Å². The number of nitrogens with zero attached hydrogens (tertiary/aromatic N) is 3. The van der Waals surface area contributed by atoms with Crippen molar-refractivity contribution in [1.29, 1.82) is 0 Å². The van der Waals surface area contributed by atoms with Crippen molar-refractivity contribution >= 4 is 38.6 Å². The molecule has 1 aromatic carbocycles. The van der Waals surface area contributed by atoms with Gasteiger partial charge >= 0.3 is 0 Å². The second kappa shape index (κ2) is 6.50. The molecule has 2 aromatic heterocycles. The van der Waals surface area contributed by atoms with Crippen LogP contribution in [0.25, 0.3) is 11.0 Å². The molecule has 1 aliphatic carbocycles. The van der Waals surface area contributed by atoms with Gasteiger partial charge in [0.25, 0.3) is 5.91 Å². The molecule has 4 rings (SSSR count). The Hall–Kier alpha value is -2.21. The van der Waals surface area contributed by atoms with Gasteiger partial charge < -0.3 is 5.32 Å². The van der Waals surface area contributed by atoms with Crippen LogP contribution in [0.5, 0.6) is 0 Å². The number of hydrogen-bond donors (Lipinski definition) is 1. The Bertz CT molecular complexity index is 1000. The number of aryl methyl sites for hydroxylation is 1. The quantitative estimate of drug-likeness (QED) is 0.639. The molecule has 0 radical (unpaired) electrons. The van der Waals surface area contributed by atoms with Gasteiger partial charge in [0.1, 0.15) is 0 Å². The van der Waals surface area contributed by atoms with Gasteiger partial charge in [-0.2, -0.15) is 5.10 Å². The minimum atomic E-state index is -0.132. The van der Waals surface area contributed by atoms with Crippen LogP contribution in [0.15, 0.2) is 34.9 Å². The summed E-state index contributed by atoms with van der Waals surface area (Å²) in [6, 6.07) is 8.01. The maximum atomic E-state index is 13.0. The van der Waals surface area contributed by atoms with E-state index in [4.69, 9.17) is 4.98 Å². The molecule has 3 aromatic rings. The van der Waals surface area contributed by atoms with Crippen LogP contribution in [0, 0.1) is 6.92 Å². The molecule has 0 aliphatic heterocycles. The van der Waals surface area contributed by atoms with Gasteiger partial charge in [0, 0.05) is 22.1 Å². The summed E-state index contributed by atoms with van der Waals surface area (Å²) in [7, 11) is 0. The number of hydrogen-bond acceptors (Lipinski definition) is 3. The van der Waals surface area contributed by atoms with Crippen LogP contribution in [0.3, 0.4) is 0 Å². The zero-order valence-electron chi connectivity index (χ0n) is 15.1. The first-order chi connectivity index (χ1) is 12.4. The van der Waals surface area contributed by atoms with Gasteiger partial charge in [0.2, 0.25) is 0 Å². The average molecular weight is 413 g/mol. The number of aromatic nitrogens is 3. The van der Waals surface area contributed by atoms with Crippen LogP contribution in [-0.2, 0) is 0 Å². The largest absolute Gasteiger partial charge is 0.321 e. The highest BCUT2D eigenvalue weighted by Crippen LogP contribution is 2.40. The predicted octanol–water partition coefficient (Wildman–Crippen LogP) is 5.21. The molecular weight excluding hydrogens is 392 g/mol. The number of fused-ring (bicyclic) bond motifs is 1. The van der Waals surface area contributed by atoms with E-state index in [0.29, 0.717) is 11.5 Å². The van der Waals surface area contributed by atoms with Crippen molar-refractivity contribution in [2.75, 3.05) is 5.32 Å². The van der Waals surface area contributed by atoms with E-state index in [-0.39, 0.29) is 11.9 Å². The number of rotatable bonds is 4. The van der Waals surface area contributed by atoms with Crippen molar-refractivity contribution in [2.24, 2.45) is 0 Å². The molecule has 2 heterocycles. The standard InChI is InChI=1S/C20H21BrN4O/c1-11(2)25-19-15(10-22-25)14(9-18(23-19)13-5-6-13)20(26)24-17-7-4-12(3)8-16(17)21/h4,7-11,13H,5-6H2,1-3H3,(H,24,26). The number of nitrogens with one attached hydrogen (secondary N) is 1. The van der Waals surface area contributed by atoms with Crippen LogP contribution >= 0.6 is 15.9 Å². The Kier molecular flexibility index (Phi) is 4.31. The first kappa shape index (κ1) is 17.2. The topological polar surface area (TPSA) is 59.8 Å². The number of carbonyl (C=O) groups excluding carboxylic acids is 1. The summed E-state index contributed by atoms with van der Waals surface area (Å²) < 4.78 is 2.76. The SMILES string of the molecule is Cc1ccc(NC(=O)c2cc(C3CC3)nc3c2cnn3C(C)C)c(Br)c1. The fourth-order valence-electron chi connectivity index (χ4n) is 3.10. The van der Waals surface area contributed by atoms with Gasteiger partial charge in [-0.3, -0.25) is 4.79 Å². The number of carbonyl (C=O) groups is 1. The third-order valence-electron chi connectivity index (χ3n) is 4.69. The second-order valence-electron chi connectivity index (χ2n) is 7.23. The summed E-state index contributed by atoms with van der Waals surface area (Å²) >= 11 is 3.53. The number of halogens is 1. The smallest absolute Gasteiger partial charge is 0.256 e. The molecule has 0 atom stereocenters. The molecule has 26 heavy (non-hydrogen) atoms. The summed E-state index contributed by atoms with van der Waals surface area (Å²) in [5.41, 5.74) is 4.31. The van der Waals surface area contributed by atoms with Crippen LogP contribution < -0.4 is 5.32 Å². The van der Waals surface area contributed by atoms with Crippen molar-refractivity contribution in [3.05, 3.63) is 51.8 Å². The lowest BCUT2D eigenvalue weighted by Crippen LogP contribution is -2.14. The zero-order chi connectivity index (χ0) is 18.4. The minimum absolute atomic E-state index is 0.132. The molecule has 0 saturated heterocycles. The molecule has 0 spiro atoms. The molecule has 0 bridgehead atoms. The number of anilines is 1. The summed E-state index contributed by atoms with van der Waals surface area (Å²) in [4.78, 5) is 17.9. The molecule has 1 amide bonds. The van der Waals surface area contributed by atoms with Crippen molar-refractivity contribution in [3.63, 3.8) is 0 Å². The molecule has 1 fully saturated rings. The van der Waals surface area contributed by atoms with Gasteiger partial charge in [-0.15, -0.1) is 0 Å². The van der Waals surface area contributed by atoms with E-state index in [1.54, 1.807) is 6.20 Å². The van der Waals surface area contributed by atoms with Crippen molar-refractivity contribution in [3.8, 4) is 0 Å². The highest BCUT2D eigenvalue weighted by molar-refractivity contribution is 9.10. The predicted molar refractivity (Wildman–Crippen MR) is 107 cm³/mol. The van der Waals surface area contributed by atoms with Gasteiger partial charge in [0.05, 0.1) is 22.8 Å². The lowest BCUT2D eigenvalue weighted by Gasteiger charge is -2.11. The van der Waals surface area contributed by atoms with Crippen LogP contribution in [0.1, 0.15) is 60.3 Å². The third-order valence-corrected chi connectivity index (χ3v) is 5.34. The Labute approximate surface area is 160 Å². The average Bonchev–Trinajstić information content (AvgIpc) is 3.35. The Balaban J connectivity index is 1.78. The molecule has 0 unspecified atom stereocenters. The first-order valence-electron chi connectivity index (χ1n) is 8.89. The maximum Gasteiger partial charge on any atom is 0.256 e. The Morgan fingerprint density at radius 3 is 2.73 bits per heavy atom. The molecule has 6 heteroatoms. The second-order valence-corrected chi connectivity index (χ2v) is 8.08. The molecule has 1 N–H and O–H groups in total. The van der Waals surface area contributed by atoms with E-state index < -0.39 is 0 Å². The lowest BCUT2D eigenvalue weighted by molar-refractivity contribution is 0.102. The van der Waals surface area contributed by atoms with Gasteiger partial charge in [-0.25, -0.2) is 9.67 Å². The summed E-state index contributed by atoms with van der Waals surface area (Å²) in [5, 5.41) is 8.28. The first-order valence-corrected chi connectivity index (χ1v) is 9.69. The molecule has 5 nitrogen and oxygen atoms in total. The van der Waals surface area contributed by atoms with Gasteiger partial charge in [0.15, 0.2) is 5.65 Å². The van der Waals surface area contributed by atoms with Crippen LogP contribution in [0.2, 0.25) is 0 Å². The van der Waals surface area contributed by atoms with E-state index >= 15 is 0 Å². The maximum absolute atomic E-state index is 13.0. The van der Waals surface area contributed by atoms with Crippen LogP contribution in [-0.4, -0.2) is 20.7 Å². The highest BCUT2D eigenvalue weighted by Gasteiger charge is 2.28. The summed E-state index contributed by atoms with van der Waals surface area (Å²) in [5.74, 6) is 0.333. The normalized spacial score (nSPS) is 14.2. The van der Waals surface area contributed by atoms with E-state index in [1.807, 2.05) is 35.9 Å². The van der Waals surface area contributed by atoms with Crippen molar-refractivity contribution in [1.82, 2.24) is 14.8 Å². The van der Waals surface area contributed by atoms with Gasteiger partial charge in [-0.1, -0.05) is 6.07 Å². The summed E-state index contributed by atoms with van der Waals surface area (Å²) in [6.45, 7) is 6.16. The van der Waals surface area contributed by atoms with E-state index in [1.165, 1.54) is 0 Å². The van der Waals surface area contributed by atoms with E-state index in [2.05, 4.69) is 40.2 Å². The Morgan fingerprint density at radius 2 is 2.08 bits per heavy atom. The molecule has 134 valence electrons. The van der Waals surface area contributed by atoms with Crippen LogP contribution in [0.4, 0.5) is 5.69 Å². The highest BCUT2D eigenvalue weighted by atomic mass is 79.9. The van der Waals surface area contributed by atoms with E-state index in [9.17, 15) is 4.79 Å². The summed E-state index contributed by atoms with van der Waals surface area (Å²) in [6.07, 6.45) is 4.02. The fraction of sp³-hybridized carbons (Fsp3) is 0.350. The molecule has 1 aliphatic rings. The third kappa shape index (κ3) is 3.14. The van der Waals surface area contributed by atoms with Crippen molar-refractivity contribution in [2.45, 2.75) is 45.6 Å². The molecule has 1 saturated carbocycles. The fourth-order valence-corrected chi connectivity index (χ4v) is 3.69. The Morgan fingerprint density at radius 1 is 1.31 bits per heavy atom. The number of amides is 1. The van der Waals surface area contributed by atoms with E-state index in [0.717, 1.165) is 45.3 Å². The lowest BCUT2D eigenvalue weighted by atomic mass is 10.1. The minimum Gasteiger partial charge on any atom is -0.321 e. The monoisotopic (exact) mass is 412 g/mol. The number of benzene rings is 1. The van der Waals surface area contributed by atoms with Gasteiger partial charge in [-0.05, 0) is 73.3 Å². The number of pyridine rings is 1. The zero-order valence-corrected chi connectivity index (χ0v) is 16.7.